The minimum absolute atomic E-state index is 0.0418. The number of amides is 1. The zero-order chi connectivity index (χ0) is 20.3. The number of carbonyl (C=O) groups is 1. The van der Waals surface area contributed by atoms with E-state index in [4.69, 9.17) is 0 Å². The first-order chi connectivity index (χ1) is 13.4. The molecule has 1 aromatic heterocycles. The number of hydrogen-bond donors (Lipinski definition) is 1. The van der Waals surface area contributed by atoms with E-state index in [0.717, 1.165) is 10.3 Å². The van der Waals surface area contributed by atoms with Crippen molar-refractivity contribution >= 4 is 17.4 Å². The molecule has 1 fully saturated rings. The highest BCUT2D eigenvalue weighted by atomic mass is 16.2. The number of para-hydroxylation sites is 1. The maximum absolute atomic E-state index is 12.3. The molecule has 0 spiro atoms. The molecule has 0 aliphatic carbocycles. The fraction of sp³-hybridized carbons (Fsp3) is 0.368. The van der Waals surface area contributed by atoms with Crippen molar-refractivity contribution in [1.29, 1.82) is 5.26 Å². The fourth-order valence-electron chi connectivity index (χ4n) is 3.34. The molecular weight excluding hydrogens is 360 g/mol. The number of piperazine rings is 1. The molecule has 1 amide bonds. The van der Waals surface area contributed by atoms with Crippen LogP contribution < -0.4 is 21.5 Å². The molecule has 2 heterocycles. The van der Waals surface area contributed by atoms with Crippen molar-refractivity contribution in [2.24, 2.45) is 14.1 Å². The van der Waals surface area contributed by atoms with Crippen molar-refractivity contribution < 1.29 is 4.79 Å². The van der Waals surface area contributed by atoms with Crippen molar-refractivity contribution in [3.8, 4) is 6.07 Å². The zero-order valence-electron chi connectivity index (χ0n) is 15.9. The average molecular weight is 382 g/mol. The Bertz CT molecular complexity index is 1030. The summed E-state index contributed by atoms with van der Waals surface area (Å²) >= 11 is 0. The Labute approximate surface area is 162 Å². The van der Waals surface area contributed by atoms with Crippen molar-refractivity contribution in [2.75, 3.05) is 42.9 Å². The molecule has 1 N–H and O–H groups in total. The highest BCUT2D eigenvalue weighted by molar-refractivity contribution is 5.92. The first kappa shape index (κ1) is 19.4. The van der Waals surface area contributed by atoms with Gasteiger partial charge in [-0.3, -0.25) is 23.6 Å². The van der Waals surface area contributed by atoms with Crippen LogP contribution in [0.3, 0.4) is 0 Å². The van der Waals surface area contributed by atoms with Gasteiger partial charge in [-0.25, -0.2) is 4.79 Å². The molecule has 0 bridgehead atoms. The van der Waals surface area contributed by atoms with Crippen LogP contribution in [0.15, 0.2) is 39.9 Å². The van der Waals surface area contributed by atoms with E-state index >= 15 is 0 Å². The van der Waals surface area contributed by atoms with E-state index in [1.165, 1.54) is 11.6 Å². The quantitative estimate of drug-likeness (QED) is 0.780. The Kier molecular flexibility index (Phi) is 5.61. The van der Waals surface area contributed by atoms with E-state index < -0.39 is 11.2 Å². The van der Waals surface area contributed by atoms with Crippen LogP contribution in [0.4, 0.5) is 11.5 Å². The second kappa shape index (κ2) is 8.10. The lowest BCUT2D eigenvalue weighted by molar-refractivity contribution is -0.117. The molecule has 1 aromatic carbocycles. The van der Waals surface area contributed by atoms with E-state index in [9.17, 15) is 19.6 Å². The molecule has 1 aliphatic rings. The van der Waals surface area contributed by atoms with Gasteiger partial charge < -0.3 is 10.2 Å². The Balaban J connectivity index is 1.68. The van der Waals surface area contributed by atoms with Crippen LogP contribution in [-0.2, 0) is 18.9 Å². The molecule has 1 saturated heterocycles. The van der Waals surface area contributed by atoms with Gasteiger partial charge in [0, 0.05) is 46.0 Å². The lowest BCUT2D eigenvalue weighted by Crippen LogP contribution is -2.51. The summed E-state index contributed by atoms with van der Waals surface area (Å²) in [5.41, 5.74) is -0.353. The summed E-state index contributed by atoms with van der Waals surface area (Å²) in [6.07, 6.45) is 0. The number of aromatic nitrogens is 2. The van der Waals surface area contributed by atoms with Gasteiger partial charge in [0.1, 0.15) is 11.9 Å². The van der Waals surface area contributed by atoms with Gasteiger partial charge >= 0.3 is 5.69 Å². The smallest absolute Gasteiger partial charge is 0.332 e. The lowest BCUT2D eigenvalue weighted by atomic mass is 10.2. The molecule has 1 aliphatic heterocycles. The van der Waals surface area contributed by atoms with Gasteiger partial charge in [-0.05, 0) is 12.1 Å². The van der Waals surface area contributed by atoms with Gasteiger partial charge in [0.05, 0.1) is 6.54 Å². The van der Waals surface area contributed by atoms with Gasteiger partial charge in [0.15, 0.2) is 5.56 Å². The molecule has 2 aromatic rings. The van der Waals surface area contributed by atoms with Crippen LogP contribution in [0.2, 0.25) is 0 Å². The Hall–Kier alpha value is -3.38. The molecule has 0 unspecified atom stereocenters. The Morgan fingerprint density at radius 1 is 1.07 bits per heavy atom. The third-order valence-corrected chi connectivity index (χ3v) is 4.84. The molecular formula is C19H22N6O3. The van der Waals surface area contributed by atoms with Gasteiger partial charge in [-0.15, -0.1) is 0 Å². The standard InChI is InChI=1S/C19H22N6O3/c1-22-17(15(12-20)18(27)23(2)19(22)28)25-10-8-24(9-11-25)13-16(26)21-14-6-4-3-5-7-14/h3-7H,8-11,13H2,1-2H3,(H,21,26). The van der Waals surface area contributed by atoms with Gasteiger partial charge in [-0.2, -0.15) is 5.26 Å². The zero-order valence-corrected chi connectivity index (χ0v) is 15.9. The van der Waals surface area contributed by atoms with E-state index in [0.29, 0.717) is 32.0 Å². The minimum Gasteiger partial charge on any atom is -0.354 e. The van der Waals surface area contributed by atoms with E-state index in [1.54, 1.807) is 7.05 Å². The SMILES string of the molecule is Cn1c(N2CCN(CC(=O)Nc3ccccc3)CC2)c(C#N)c(=O)n(C)c1=O. The molecule has 0 atom stereocenters. The number of benzene rings is 1. The summed E-state index contributed by atoms with van der Waals surface area (Å²) in [5, 5.41) is 12.3. The summed E-state index contributed by atoms with van der Waals surface area (Å²) in [5.74, 6) is 0.238. The van der Waals surface area contributed by atoms with Crippen LogP contribution in [0.25, 0.3) is 0 Å². The molecule has 3 rings (SSSR count). The molecule has 0 radical (unpaired) electrons. The predicted molar refractivity (Wildman–Crippen MR) is 105 cm³/mol. The average Bonchev–Trinajstić information content (AvgIpc) is 2.70. The maximum atomic E-state index is 12.3. The van der Waals surface area contributed by atoms with Gasteiger partial charge in [0.25, 0.3) is 5.56 Å². The molecule has 28 heavy (non-hydrogen) atoms. The van der Waals surface area contributed by atoms with Crippen LogP contribution in [0, 0.1) is 11.3 Å². The number of rotatable bonds is 4. The predicted octanol–water partition coefficient (Wildman–Crippen LogP) is -0.284. The van der Waals surface area contributed by atoms with Crippen molar-refractivity contribution in [1.82, 2.24) is 14.0 Å². The largest absolute Gasteiger partial charge is 0.354 e. The number of nitrogens with one attached hydrogen (secondary N) is 1. The van der Waals surface area contributed by atoms with Crippen molar-refractivity contribution in [3.63, 3.8) is 0 Å². The molecule has 0 saturated carbocycles. The first-order valence-corrected chi connectivity index (χ1v) is 8.94. The van der Waals surface area contributed by atoms with E-state index in [1.807, 2.05) is 46.2 Å². The number of anilines is 2. The van der Waals surface area contributed by atoms with E-state index in [-0.39, 0.29) is 18.0 Å². The molecule has 9 heteroatoms. The highest BCUT2D eigenvalue weighted by Gasteiger charge is 2.25. The summed E-state index contributed by atoms with van der Waals surface area (Å²) in [6.45, 7) is 2.43. The number of nitrogens with zero attached hydrogens (tertiary/aromatic N) is 5. The van der Waals surface area contributed by atoms with Crippen molar-refractivity contribution in [3.05, 3.63) is 56.7 Å². The Morgan fingerprint density at radius 2 is 1.71 bits per heavy atom. The Morgan fingerprint density at radius 3 is 2.32 bits per heavy atom. The van der Waals surface area contributed by atoms with Crippen LogP contribution in [0.1, 0.15) is 5.56 Å². The van der Waals surface area contributed by atoms with Crippen LogP contribution in [0.5, 0.6) is 0 Å². The molecule has 146 valence electrons. The number of hydrogen-bond acceptors (Lipinski definition) is 6. The summed E-state index contributed by atoms with van der Waals surface area (Å²) in [7, 11) is 2.91. The lowest BCUT2D eigenvalue weighted by Gasteiger charge is -2.36. The van der Waals surface area contributed by atoms with Crippen LogP contribution >= 0.6 is 0 Å². The summed E-state index contributed by atoms with van der Waals surface area (Å²) < 4.78 is 2.27. The minimum atomic E-state index is -0.592. The first-order valence-electron chi connectivity index (χ1n) is 8.94. The number of nitriles is 1. The second-order valence-electron chi connectivity index (χ2n) is 6.69. The number of carbonyl (C=O) groups excluding carboxylic acids is 1. The topological polar surface area (TPSA) is 103 Å². The summed E-state index contributed by atoms with van der Waals surface area (Å²) in [4.78, 5) is 40.6. The van der Waals surface area contributed by atoms with Gasteiger partial charge in [-0.1, -0.05) is 18.2 Å². The summed E-state index contributed by atoms with van der Waals surface area (Å²) in [6, 6.07) is 11.2. The van der Waals surface area contributed by atoms with Crippen LogP contribution in [-0.4, -0.2) is 52.7 Å². The normalized spacial score (nSPS) is 14.5. The van der Waals surface area contributed by atoms with Crippen molar-refractivity contribution in [2.45, 2.75) is 0 Å². The third kappa shape index (κ3) is 3.82. The van der Waals surface area contributed by atoms with E-state index in [2.05, 4.69) is 5.32 Å². The highest BCUT2D eigenvalue weighted by Crippen LogP contribution is 2.17. The third-order valence-electron chi connectivity index (χ3n) is 4.84. The second-order valence-corrected chi connectivity index (χ2v) is 6.69. The monoisotopic (exact) mass is 382 g/mol. The fourth-order valence-corrected chi connectivity index (χ4v) is 3.34. The molecule has 9 nitrogen and oxygen atoms in total. The maximum Gasteiger partial charge on any atom is 0.332 e. The van der Waals surface area contributed by atoms with Gasteiger partial charge in [0.2, 0.25) is 5.91 Å².